The van der Waals surface area contributed by atoms with Crippen LogP contribution >= 0.6 is 23.2 Å². The molecule has 2 amide bonds. The van der Waals surface area contributed by atoms with Gasteiger partial charge in [0.25, 0.3) is 5.91 Å². The Labute approximate surface area is 121 Å². The van der Waals surface area contributed by atoms with Gasteiger partial charge >= 0.3 is 0 Å². The minimum Gasteiger partial charge on any atom is -0.399 e. The monoisotopic (exact) mass is 303 g/mol. The van der Waals surface area contributed by atoms with Crippen LogP contribution in [0.3, 0.4) is 0 Å². The summed E-state index contributed by atoms with van der Waals surface area (Å²) in [5.74, 6) is -0.699. The van der Waals surface area contributed by atoms with E-state index < -0.39 is 0 Å². The van der Waals surface area contributed by atoms with Crippen LogP contribution in [0.4, 0.5) is 5.69 Å². The molecule has 1 aromatic rings. The summed E-state index contributed by atoms with van der Waals surface area (Å²) < 4.78 is 0. The molecule has 0 fully saturated rings. The summed E-state index contributed by atoms with van der Waals surface area (Å²) in [4.78, 5) is 22.4. The first-order valence-corrected chi connectivity index (χ1v) is 6.48. The van der Waals surface area contributed by atoms with E-state index >= 15 is 0 Å². The predicted octanol–water partition coefficient (Wildman–Crippen LogP) is 1.96. The number of halogens is 2. The summed E-state index contributed by atoms with van der Waals surface area (Å²) in [6, 6.07) is 2.94. The second-order valence-electron chi connectivity index (χ2n) is 4.04. The average molecular weight is 304 g/mol. The number of nitrogens with one attached hydrogen (secondary N) is 1. The molecule has 0 atom stereocenters. The Morgan fingerprint density at radius 3 is 2.53 bits per heavy atom. The second-order valence-corrected chi connectivity index (χ2v) is 4.83. The van der Waals surface area contributed by atoms with Crippen molar-refractivity contribution in [3.8, 4) is 0 Å². The van der Waals surface area contributed by atoms with E-state index in [1.54, 1.807) is 0 Å². The van der Waals surface area contributed by atoms with Gasteiger partial charge in [-0.05, 0) is 25.0 Å². The van der Waals surface area contributed by atoms with Gasteiger partial charge in [-0.2, -0.15) is 0 Å². The van der Waals surface area contributed by atoms with Gasteiger partial charge in [0.2, 0.25) is 5.91 Å². The van der Waals surface area contributed by atoms with Gasteiger partial charge < -0.3 is 16.8 Å². The largest absolute Gasteiger partial charge is 0.399 e. The van der Waals surface area contributed by atoms with Crippen molar-refractivity contribution >= 4 is 40.7 Å². The summed E-state index contributed by atoms with van der Waals surface area (Å²) in [6.07, 6.45) is 1.59. The van der Waals surface area contributed by atoms with E-state index in [-0.39, 0.29) is 27.4 Å². The van der Waals surface area contributed by atoms with Crippen molar-refractivity contribution < 1.29 is 9.59 Å². The SMILES string of the molecule is NC(=O)CCCCNC(=O)c1cc(N)cc(Cl)c1Cl. The summed E-state index contributed by atoms with van der Waals surface area (Å²) >= 11 is 11.8. The molecule has 5 N–H and O–H groups in total. The summed E-state index contributed by atoms with van der Waals surface area (Å²) in [7, 11) is 0. The number of carbonyl (C=O) groups is 2. The van der Waals surface area contributed by atoms with Gasteiger partial charge in [-0.1, -0.05) is 23.2 Å². The van der Waals surface area contributed by atoms with E-state index in [1.807, 2.05) is 0 Å². The van der Waals surface area contributed by atoms with Gasteiger partial charge in [-0.15, -0.1) is 0 Å². The number of hydrogen-bond acceptors (Lipinski definition) is 3. The molecule has 7 heteroatoms. The molecule has 0 spiro atoms. The maximum atomic E-state index is 11.9. The van der Waals surface area contributed by atoms with E-state index in [0.717, 1.165) is 0 Å². The summed E-state index contributed by atoms with van der Waals surface area (Å²) in [5, 5.41) is 3.09. The fourth-order valence-electron chi connectivity index (χ4n) is 1.50. The van der Waals surface area contributed by atoms with Crippen LogP contribution in [0.2, 0.25) is 10.0 Å². The number of rotatable bonds is 6. The lowest BCUT2D eigenvalue weighted by Crippen LogP contribution is -2.25. The molecule has 0 radical (unpaired) electrons. The van der Waals surface area contributed by atoms with Crippen molar-refractivity contribution in [1.82, 2.24) is 5.32 Å². The Kier molecular flexibility index (Phi) is 5.92. The van der Waals surface area contributed by atoms with Crippen LogP contribution < -0.4 is 16.8 Å². The molecule has 0 aliphatic rings. The van der Waals surface area contributed by atoms with Crippen LogP contribution in [0.25, 0.3) is 0 Å². The number of amides is 2. The summed E-state index contributed by atoms with van der Waals surface area (Å²) in [5.41, 5.74) is 11.2. The van der Waals surface area contributed by atoms with E-state index in [9.17, 15) is 9.59 Å². The van der Waals surface area contributed by atoms with Crippen molar-refractivity contribution in [3.63, 3.8) is 0 Å². The number of hydrogen-bond donors (Lipinski definition) is 3. The zero-order chi connectivity index (χ0) is 14.4. The molecule has 5 nitrogen and oxygen atoms in total. The molecule has 19 heavy (non-hydrogen) atoms. The number of primary amides is 1. The highest BCUT2D eigenvalue weighted by atomic mass is 35.5. The van der Waals surface area contributed by atoms with Gasteiger partial charge in [0.05, 0.1) is 15.6 Å². The molecule has 0 aliphatic carbocycles. The minimum atomic E-state index is -0.350. The lowest BCUT2D eigenvalue weighted by molar-refractivity contribution is -0.118. The standard InChI is InChI=1S/C12H15Cl2N3O2/c13-9-6-7(15)5-8(11(9)14)12(19)17-4-2-1-3-10(16)18/h5-6H,1-4,15H2,(H2,16,18)(H,17,19). The Balaban J connectivity index is 2.52. The quantitative estimate of drug-likeness (QED) is 0.553. The summed E-state index contributed by atoms with van der Waals surface area (Å²) in [6.45, 7) is 0.425. The molecule has 104 valence electrons. The number of benzene rings is 1. The lowest BCUT2D eigenvalue weighted by Gasteiger charge is -2.08. The molecule has 1 rings (SSSR count). The first-order valence-electron chi connectivity index (χ1n) is 5.73. The smallest absolute Gasteiger partial charge is 0.252 e. The number of anilines is 1. The lowest BCUT2D eigenvalue weighted by atomic mass is 10.1. The van der Waals surface area contributed by atoms with Crippen molar-refractivity contribution in [3.05, 3.63) is 27.7 Å². The minimum absolute atomic E-state index is 0.172. The van der Waals surface area contributed by atoms with Crippen LogP contribution in [0, 0.1) is 0 Å². The molecule has 0 saturated carbocycles. The molecule has 0 aromatic heterocycles. The zero-order valence-electron chi connectivity index (χ0n) is 10.2. The predicted molar refractivity (Wildman–Crippen MR) is 76.3 cm³/mol. The first kappa shape index (κ1) is 15.6. The van der Waals surface area contributed by atoms with Crippen molar-refractivity contribution in [2.24, 2.45) is 5.73 Å². The van der Waals surface area contributed by atoms with Crippen LogP contribution in [-0.2, 0) is 4.79 Å². The van der Waals surface area contributed by atoms with Crippen LogP contribution in [0.1, 0.15) is 29.6 Å². The fourth-order valence-corrected chi connectivity index (χ4v) is 1.92. The van der Waals surface area contributed by atoms with Crippen molar-refractivity contribution in [1.29, 1.82) is 0 Å². The van der Waals surface area contributed by atoms with E-state index in [2.05, 4.69) is 5.32 Å². The van der Waals surface area contributed by atoms with Gasteiger partial charge in [0.1, 0.15) is 0 Å². The van der Waals surface area contributed by atoms with Gasteiger partial charge in [0.15, 0.2) is 0 Å². The van der Waals surface area contributed by atoms with Gasteiger partial charge in [-0.3, -0.25) is 9.59 Å². The Hall–Kier alpha value is -1.46. The van der Waals surface area contributed by atoms with Gasteiger partial charge in [-0.25, -0.2) is 0 Å². The van der Waals surface area contributed by atoms with Crippen molar-refractivity contribution in [2.45, 2.75) is 19.3 Å². The number of carbonyl (C=O) groups excluding carboxylic acids is 2. The molecule has 1 aromatic carbocycles. The zero-order valence-corrected chi connectivity index (χ0v) is 11.7. The number of nitrogen functional groups attached to an aromatic ring is 1. The van der Waals surface area contributed by atoms with Gasteiger partial charge in [0, 0.05) is 18.7 Å². The van der Waals surface area contributed by atoms with E-state index in [1.165, 1.54) is 12.1 Å². The molecule has 0 unspecified atom stereocenters. The maximum absolute atomic E-state index is 11.9. The average Bonchev–Trinajstić information content (AvgIpc) is 2.32. The van der Waals surface area contributed by atoms with E-state index in [0.29, 0.717) is 31.5 Å². The highest BCUT2D eigenvalue weighted by molar-refractivity contribution is 6.44. The third-order valence-electron chi connectivity index (χ3n) is 2.43. The third kappa shape index (κ3) is 4.96. The molecular formula is C12H15Cl2N3O2. The molecular weight excluding hydrogens is 289 g/mol. The Morgan fingerprint density at radius 1 is 1.21 bits per heavy atom. The third-order valence-corrected chi connectivity index (χ3v) is 3.23. The Bertz CT molecular complexity index is 492. The molecule has 0 saturated heterocycles. The van der Waals surface area contributed by atoms with Crippen LogP contribution in [-0.4, -0.2) is 18.4 Å². The van der Waals surface area contributed by atoms with Crippen LogP contribution in [0.5, 0.6) is 0 Å². The van der Waals surface area contributed by atoms with Crippen LogP contribution in [0.15, 0.2) is 12.1 Å². The van der Waals surface area contributed by atoms with E-state index in [4.69, 9.17) is 34.7 Å². The molecule has 0 bridgehead atoms. The maximum Gasteiger partial charge on any atom is 0.252 e. The highest BCUT2D eigenvalue weighted by Gasteiger charge is 2.13. The second kappa shape index (κ2) is 7.21. The normalized spacial score (nSPS) is 10.2. The van der Waals surface area contributed by atoms with Crippen molar-refractivity contribution in [2.75, 3.05) is 12.3 Å². The first-order chi connectivity index (χ1) is 8.91. The fraction of sp³-hybridized carbons (Fsp3) is 0.333. The Morgan fingerprint density at radius 2 is 1.89 bits per heavy atom. The number of nitrogens with two attached hydrogens (primary N) is 2. The highest BCUT2D eigenvalue weighted by Crippen LogP contribution is 2.28. The molecule has 0 heterocycles. The topological polar surface area (TPSA) is 98.2 Å². The number of unbranched alkanes of at least 4 members (excludes halogenated alkanes) is 1. The molecule has 0 aliphatic heterocycles.